The lowest BCUT2D eigenvalue weighted by Crippen LogP contribution is -2.36. The van der Waals surface area contributed by atoms with Crippen molar-refractivity contribution in [2.24, 2.45) is 0 Å². The van der Waals surface area contributed by atoms with Crippen molar-refractivity contribution in [3.63, 3.8) is 0 Å². The SMILES string of the molecule is Cc1ccc(NC(=O)N(CCO)Cc2ccccc2)cc1. The van der Waals surface area contributed by atoms with Gasteiger partial charge in [-0.2, -0.15) is 0 Å². The number of carbonyl (C=O) groups excluding carboxylic acids is 1. The normalized spacial score (nSPS) is 10.2. The highest BCUT2D eigenvalue weighted by Gasteiger charge is 2.13. The second-order valence-corrected chi connectivity index (χ2v) is 4.93. The Hall–Kier alpha value is -2.33. The van der Waals surface area contributed by atoms with E-state index in [2.05, 4.69) is 5.32 Å². The summed E-state index contributed by atoms with van der Waals surface area (Å²) >= 11 is 0. The maximum absolute atomic E-state index is 12.3. The fraction of sp³-hybridized carbons (Fsp3) is 0.235. The Morgan fingerprint density at radius 1 is 1.10 bits per heavy atom. The minimum atomic E-state index is -0.211. The van der Waals surface area contributed by atoms with Crippen molar-refractivity contribution in [1.82, 2.24) is 4.90 Å². The Morgan fingerprint density at radius 3 is 2.38 bits per heavy atom. The zero-order valence-corrected chi connectivity index (χ0v) is 12.1. The van der Waals surface area contributed by atoms with Crippen LogP contribution in [0.1, 0.15) is 11.1 Å². The first kappa shape index (κ1) is 15.1. The number of aliphatic hydroxyl groups excluding tert-OH is 1. The summed E-state index contributed by atoms with van der Waals surface area (Å²) in [7, 11) is 0. The summed E-state index contributed by atoms with van der Waals surface area (Å²) in [6.45, 7) is 2.71. The van der Waals surface area contributed by atoms with Gasteiger partial charge in [0, 0.05) is 18.8 Å². The van der Waals surface area contributed by atoms with Gasteiger partial charge >= 0.3 is 6.03 Å². The number of amides is 2. The molecule has 2 rings (SSSR count). The monoisotopic (exact) mass is 284 g/mol. The molecular formula is C17H20N2O2. The number of nitrogens with one attached hydrogen (secondary N) is 1. The van der Waals surface area contributed by atoms with Crippen LogP contribution in [-0.4, -0.2) is 29.2 Å². The summed E-state index contributed by atoms with van der Waals surface area (Å²) in [5.74, 6) is 0. The Bertz CT molecular complexity index is 567. The van der Waals surface area contributed by atoms with E-state index in [1.54, 1.807) is 4.90 Å². The first-order chi connectivity index (χ1) is 10.2. The quantitative estimate of drug-likeness (QED) is 0.886. The first-order valence-electron chi connectivity index (χ1n) is 6.96. The third-order valence-electron chi connectivity index (χ3n) is 3.18. The van der Waals surface area contributed by atoms with E-state index in [1.165, 1.54) is 0 Å². The van der Waals surface area contributed by atoms with Crippen LogP contribution in [0.2, 0.25) is 0 Å². The van der Waals surface area contributed by atoms with Crippen LogP contribution in [0.15, 0.2) is 54.6 Å². The molecule has 0 heterocycles. The van der Waals surface area contributed by atoms with E-state index in [0.717, 1.165) is 16.8 Å². The second kappa shape index (κ2) is 7.45. The van der Waals surface area contributed by atoms with E-state index in [4.69, 9.17) is 5.11 Å². The summed E-state index contributed by atoms with van der Waals surface area (Å²) in [5, 5.41) is 12.0. The van der Waals surface area contributed by atoms with Gasteiger partial charge in [0.15, 0.2) is 0 Å². The number of aliphatic hydroxyl groups is 1. The Kier molecular flexibility index (Phi) is 5.35. The molecule has 2 aromatic rings. The van der Waals surface area contributed by atoms with Gasteiger partial charge in [0.05, 0.1) is 6.61 Å². The molecule has 0 unspecified atom stereocenters. The number of anilines is 1. The van der Waals surface area contributed by atoms with Crippen molar-refractivity contribution in [2.45, 2.75) is 13.5 Å². The van der Waals surface area contributed by atoms with Crippen LogP contribution in [0.5, 0.6) is 0 Å². The zero-order valence-electron chi connectivity index (χ0n) is 12.1. The van der Waals surface area contributed by atoms with Gasteiger partial charge in [-0.15, -0.1) is 0 Å². The van der Waals surface area contributed by atoms with Gasteiger partial charge in [-0.25, -0.2) is 4.79 Å². The van der Waals surface area contributed by atoms with Gasteiger partial charge in [-0.05, 0) is 24.6 Å². The second-order valence-electron chi connectivity index (χ2n) is 4.93. The number of aryl methyl sites for hydroxylation is 1. The summed E-state index contributed by atoms with van der Waals surface area (Å²) in [6, 6.07) is 17.1. The zero-order chi connectivity index (χ0) is 15.1. The average Bonchev–Trinajstić information content (AvgIpc) is 2.50. The lowest BCUT2D eigenvalue weighted by molar-refractivity contribution is 0.185. The predicted molar refractivity (Wildman–Crippen MR) is 84.1 cm³/mol. The van der Waals surface area contributed by atoms with Gasteiger partial charge in [0.1, 0.15) is 0 Å². The number of rotatable bonds is 5. The Balaban J connectivity index is 2.03. The topological polar surface area (TPSA) is 52.6 Å². The Labute approximate surface area is 125 Å². The van der Waals surface area contributed by atoms with Gasteiger partial charge in [-0.1, -0.05) is 48.0 Å². The number of carbonyl (C=O) groups is 1. The maximum Gasteiger partial charge on any atom is 0.322 e. The molecule has 0 aromatic heterocycles. The molecule has 2 aromatic carbocycles. The summed E-state index contributed by atoms with van der Waals surface area (Å²) in [5.41, 5.74) is 2.93. The van der Waals surface area contributed by atoms with Crippen LogP contribution in [0.25, 0.3) is 0 Å². The molecule has 0 aliphatic carbocycles. The van der Waals surface area contributed by atoms with Crippen molar-refractivity contribution < 1.29 is 9.90 Å². The molecule has 110 valence electrons. The smallest absolute Gasteiger partial charge is 0.322 e. The average molecular weight is 284 g/mol. The van der Waals surface area contributed by atoms with E-state index in [9.17, 15) is 4.79 Å². The molecular weight excluding hydrogens is 264 g/mol. The lowest BCUT2D eigenvalue weighted by atomic mass is 10.2. The van der Waals surface area contributed by atoms with Crippen LogP contribution >= 0.6 is 0 Å². The third kappa shape index (κ3) is 4.61. The molecule has 0 aliphatic rings. The predicted octanol–water partition coefficient (Wildman–Crippen LogP) is 3.02. The van der Waals surface area contributed by atoms with Gasteiger partial charge in [0.2, 0.25) is 0 Å². The molecule has 0 atom stereocenters. The summed E-state index contributed by atoms with van der Waals surface area (Å²) in [6.07, 6.45) is 0. The van der Waals surface area contributed by atoms with Crippen molar-refractivity contribution in [3.8, 4) is 0 Å². The summed E-state index contributed by atoms with van der Waals surface area (Å²) in [4.78, 5) is 13.9. The van der Waals surface area contributed by atoms with Crippen LogP contribution in [0.3, 0.4) is 0 Å². The van der Waals surface area contributed by atoms with E-state index >= 15 is 0 Å². The maximum atomic E-state index is 12.3. The highest BCUT2D eigenvalue weighted by atomic mass is 16.3. The molecule has 2 N–H and O–H groups in total. The van der Waals surface area contributed by atoms with Crippen molar-refractivity contribution >= 4 is 11.7 Å². The van der Waals surface area contributed by atoms with E-state index < -0.39 is 0 Å². The molecule has 4 heteroatoms. The number of urea groups is 1. The standard InChI is InChI=1S/C17H20N2O2/c1-14-7-9-16(10-8-14)18-17(21)19(11-12-20)13-15-5-3-2-4-6-15/h2-10,20H,11-13H2,1H3,(H,18,21). The molecule has 0 saturated heterocycles. The Morgan fingerprint density at radius 2 is 1.76 bits per heavy atom. The molecule has 0 saturated carbocycles. The number of hydrogen-bond acceptors (Lipinski definition) is 2. The van der Waals surface area contributed by atoms with Crippen LogP contribution in [-0.2, 0) is 6.54 Å². The van der Waals surface area contributed by atoms with Crippen LogP contribution < -0.4 is 5.32 Å². The van der Waals surface area contributed by atoms with Gasteiger partial charge in [0.25, 0.3) is 0 Å². The first-order valence-corrected chi connectivity index (χ1v) is 6.96. The van der Waals surface area contributed by atoms with E-state index in [0.29, 0.717) is 13.1 Å². The van der Waals surface area contributed by atoms with Crippen LogP contribution in [0.4, 0.5) is 10.5 Å². The van der Waals surface area contributed by atoms with E-state index in [-0.39, 0.29) is 12.6 Å². The fourth-order valence-corrected chi connectivity index (χ4v) is 2.02. The molecule has 0 radical (unpaired) electrons. The number of benzene rings is 2. The minimum absolute atomic E-state index is 0.0614. The largest absolute Gasteiger partial charge is 0.395 e. The highest BCUT2D eigenvalue weighted by molar-refractivity contribution is 5.89. The van der Waals surface area contributed by atoms with Crippen molar-refractivity contribution in [1.29, 1.82) is 0 Å². The summed E-state index contributed by atoms with van der Waals surface area (Å²) < 4.78 is 0. The number of hydrogen-bond donors (Lipinski definition) is 2. The minimum Gasteiger partial charge on any atom is -0.395 e. The molecule has 21 heavy (non-hydrogen) atoms. The van der Waals surface area contributed by atoms with Gasteiger partial charge in [-0.3, -0.25) is 0 Å². The fourth-order valence-electron chi connectivity index (χ4n) is 2.02. The lowest BCUT2D eigenvalue weighted by Gasteiger charge is -2.22. The number of nitrogens with zero attached hydrogens (tertiary/aromatic N) is 1. The third-order valence-corrected chi connectivity index (χ3v) is 3.18. The van der Waals surface area contributed by atoms with Crippen LogP contribution in [0, 0.1) is 6.92 Å². The molecule has 0 bridgehead atoms. The molecule has 0 fully saturated rings. The van der Waals surface area contributed by atoms with Crippen molar-refractivity contribution in [3.05, 3.63) is 65.7 Å². The van der Waals surface area contributed by atoms with E-state index in [1.807, 2.05) is 61.5 Å². The highest BCUT2D eigenvalue weighted by Crippen LogP contribution is 2.11. The molecule has 0 aliphatic heterocycles. The molecule has 2 amide bonds. The molecule has 4 nitrogen and oxygen atoms in total. The van der Waals surface area contributed by atoms with Gasteiger partial charge < -0.3 is 15.3 Å². The van der Waals surface area contributed by atoms with Crippen molar-refractivity contribution in [2.75, 3.05) is 18.5 Å². The molecule has 0 spiro atoms.